The van der Waals surface area contributed by atoms with Crippen LogP contribution >= 0.6 is 0 Å². The summed E-state index contributed by atoms with van der Waals surface area (Å²) in [7, 11) is 0. The van der Waals surface area contributed by atoms with Crippen LogP contribution in [0, 0.1) is 5.92 Å². The highest BCUT2D eigenvalue weighted by Gasteiger charge is 2.32. The minimum absolute atomic E-state index is 0.0613. The van der Waals surface area contributed by atoms with Gasteiger partial charge >= 0.3 is 0 Å². The van der Waals surface area contributed by atoms with Crippen LogP contribution in [0.15, 0.2) is 0 Å². The molecule has 17 heavy (non-hydrogen) atoms. The Morgan fingerprint density at radius 1 is 0.765 bits per heavy atom. The number of rotatable bonds is 0. The topological polar surface area (TPSA) is 80.9 Å². The van der Waals surface area contributed by atoms with Crippen LogP contribution in [0.2, 0.25) is 0 Å². The van der Waals surface area contributed by atoms with E-state index in [2.05, 4.69) is 0 Å². The SMILES string of the molecule is CC1CCCCC1(O)O.OC1(O)CCCCC1. The van der Waals surface area contributed by atoms with E-state index in [0.29, 0.717) is 19.3 Å². The molecule has 4 heteroatoms. The molecule has 0 aromatic carbocycles. The molecule has 0 radical (unpaired) electrons. The fourth-order valence-electron chi connectivity index (χ4n) is 2.43. The van der Waals surface area contributed by atoms with Crippen LogP contribution < -0.4 is 0 Å². The summed E-state index contributed by atoms with van der Waals surface area (Å²) in [6.45, 7) is 1.89. The largest absolute Gasteiger partial charge is 0.366 e. The van der Waals surface area contributed by atoms with Gasteiger partial charge in [-0.15, -0.1) is 0 Å². The van der Waals surface area contributed by atoms with Crippen molar-refractivity contribution in [3.8, 4) is 0 Å². The molecule has 0 aromatic rings. The lowest BCUT2D eigenvalue weighted by atomic mass is 9.85. The minimum atomic E-state index is -1.36. The van der Waals surface area contributed by atoms with E-state index < -0.39 is 11.6 Å². The Bertz CT molecular complexity index is 217. The normalized spacial score (nSPS) is 31.2. The number of hydrogen-bond acceptors (Lipinski definition) is 4. The van der Waals surface area contributed by atoms with E-state index in [9.17, 15) is 10.2 Å². The summed E-state index contributed by atoms with van der Waals surface area (Å²) in [6, 6.07) is 0. The standard InChI is InChI=1S/C7H14O2.C6H12O2/c1-6-4-2-3-5-7(6,8)9;7-6(8)4-2-1-3-5-6/h6,8-9H,2-5H2,1H3;7-8H,1-5H2. The maximum absolute atomic E-state index is 9.20. The first-order chi connectivity index (χ1) is 7.83. The van der Waals surface area contributed by atoms with Crippen LogP contribution in [0.1, 0.15) is 64.7 Å². The second-order valence-corrected chi connectivity index (χ2v) is 5.57. The van der Waals surface area contributed by atoms with Gasteiger partial charge in [0.2, 0.25) is 0 Å². The van der Waals surface area contributed by atoms with Gasteiger partial charge in [0.25, 0.3) is 0 Å². The van der Waals surface area contributed by atoms with Gasteiger partial charge in [-0.3, -0.25) is 0 Å². The first-order valence-corrected chi connectivity index (χ1v) is 6.73. The van der Waals surface area contributed by atoms with Gasteiger partial charge in [-0.25, -0.2) is 0 Å². The first kappa shape index (κ1) is 14.9. The Kier molecular flexibility index (Phi) is 5.38. The zero-order valence-corrected chi connectivity index (χ0v) is 10.7. The monoisotopic (exact) mass is 246 g/mol. The maximum atomic E-state index is 9.20. The van der Waals surface area contributed by atoms with Crippen molar-refractivity contribution in [2.45, 2.75) is 76.3 Å². The predicted octanol–water partition coefficient (Wildman–Crippen LogP) is 1.51. The maximum Gasteiger partial charge on any atom is 0.165 e. The Morgan fingerprint density at radius 2 is 1.29 bits per heavy atom. The molecule has 0 amide bonds. The van der Waals surface area contributed by atoms with Crippen molar-refractivity contribution in [3.05, 3.63) is 0 Å². The minimum Gasteiger partial charge on any atom is -0.366 e. The van der Waals surface area contributed by atoms with Gasteiger partial charge in [-0.2, -0.15) is 0 Å². The third kappa shape index (κ3) is 5.34. The van der Waals surface area contributed by atoms with Crippen molar-refractivity contribution in [2.24, 2.45) is 5.92 Å². The first-order valence-electron chi connectivity index (χ1n) is 6.73. The lowest BCUT2D eigenvalue weighted by Crippen LogP contribution is -2.38. The molecule has 102 valence electrons. The van der Waals surface area contributed by atoms with Crippen LogP contribution in [0.25, 0.3) is 0 Å². The molecule has 0 saturated heterocycles. The van der Waals surface area contributed by atoms with E-state index >= 15 is 0 Å². The molecule has 0 aromatic heterocycles. The zero-order chi connectivity index (χ0) is 12.9. The van der Waals surface area contributed by atoms with Gasteiger partial charge in [0.1, 0.15) is 0 Å². The lowest BCUT2D eigenvalue weighted by molar-refractivity contribution is -0.212. The van der Waals surface area contributed by atoms with Crippen molar-refractivity contribution in [2.75, 3.05) is 0 Å². The molecule has 1 unspecified atom stereocenters. The van der Waals surface area contributed by atoms with Crippen LogP contribution in [0.5, 0.6) is 0 Å². The molecule has 0 aliphatic heterocycles. The Morgan fingerprint density at radius 3 is 1.59 bits per heavy atom. The molecule has 4 nitrogen and oxygen atoms in total. The molecule has 2 rings (SSSR count). The molecule has 2 aliphatic carbocycles. The summed E-state index contributed by atoms with van der Waals surface area (Å²) < 4.78 is 0. The summed E-state index contributed by atoms with van der Waals surface area (Å²) in [4.78, 5) is 0. The second-order valence-electron chi connectivity index (χ2n) is 5.57. The van der Waals surface area contributed by atoms with Gasteiger partial charge in [0.15, 0.2) is 11.6 Å². The quantitative estimate of drug-likeness (QED) is 0.488. The van der Waals surface area contributed by atoms with Crippen molar-refractivity contribution >= 4 is 0 Å². The van der Waals surface area contributed by atoms with Crippen LogP contribution in [0.4, 0.5) is 0 Å². The van der Waals surface area contributed by atoms with Gasteiger partial charge < -0.3 is 20.4 Å². The van der Waals surface area contributed by atoms with Crippen LogP contribution in [-0.2, 0) is 0 Å². The summed E-state index contributed by atoms with van der Waals surface area (Å²) in [6.07, 6.45) is 7.81. The molecule has 0 bridgehead atoms. The van der Waals surface area contributed by atoms with Gasteiger partial charge in [-0.05, 0) is 25.7 Å². The van der Waals surface area contributed by atoms with Gasteiger partial charge in [0, 0.05) is 25.2 Å². The third-order valence-electron chi connectivity index (χ3n) is 3.88. The van der Waals surface area contributed by atoms with Crippen molar-refractivity contribution in [1.29, 1.82) is 0 Å². The van der Waals surface area contributed by atoms with Crippen molar-refractivity contribution in [3.63, 3.8) is 0 Å². The fraction of sp³-hybridized carbons (Fsp3) is 1.00. The molecule has 4 N–H and O–H groups in total. The van der Waals surface area contributed by atoms with Crippen LogP contribution in [-0.4, -0.2) is 32.0 Å². The van der Waals surface area contributed by atoms with Crippen molar-refractivity contribution < 1.29 is 20.4 Å². The highest BCUT2D eigenvalue weighted by Crippen LogP contribution is 2.30. The average Bonchev–Trinajstić information content (AvgIpc) is 2.23. The molecule has 1 atom stereocenters. The van der Waals surface area contributed by atoms with Gasteiger partial charge in [-0.1, -0.05) is 19.8 Å². The van der Waals surface area contributed by atoms with E-state index in [4.69, 9.17) is 10.2 Å². The number of hydrogen-bond donors (Lipinski definition) is 4. The molecule has 0 heterocycles. The Labute approximate surface area is 103 Å². The molecule has 2 aliphatic rings. The van der Waals surface area contributed by atoms with E-state index in [0.717, 1.165) is 38.5 Å². The Hall–Kier alpha value is -0.160. The summed E-state index contributed by atoms with van der Waals surface area (Å²) in [5.74, 6) is -2.62. The predicted molar refractivity (Wildman–Crippen MR) is 65.1 cm³/mol. The molecular weight excluding hydrogens is 220 g/mol. The van der Waals surface area contributed by atoms with Gasteiger partial charge in [0.05, 0.1) is 0 Å². The second kappa shape index (κ2) is 6.14. The summed E-state index contributed by atoms with van der Waals surface area (Å²) in [5.41, 5.74) is 0. The third-order valence-corrected chi connectivity index (χ3v) is 3.88. The average molecular weight is 246 g/mol. The molecule has 2 saturated carbocycles. The number of aliphatic hydroxyl groups is 4. The van der Waals surface area contributed by atoms with E-state index in [1.807, 2.05) is 6.92 Å². The summed E-state index contributed by atoms with van der Waals surface area (Å²) in [5, 5.41) is 36.3. The lowest BCUT2D eigenvalue weighted by Gasteiger charge is -2.32. The smallest absolute Gasteiger partial charge is 0.165 e. The molecule has 2 fully saturated rings. The molecular formula is C13H26O4. The Balaban J connectivity index is 0.000000171. The summed E-state index contributed by atoms with van der Waals surface area (Å²) >= 11 is 0. The van der Waals surface area contributed by atoms with Crippen molar-refractivity contribution in [1.82, 2.24) is 0 Å². The fourth-order valence-corrected chi connectivity index (χ4v) is 2.43. The van der Waals surface area contributed by atoms with Crippen LogP contribution in [0.3, 0.4) is 0 Å². The molecule has 0 spiro atoms. The van der Waals surface area contributed by atoms with E-state index in [-0.39, 0.29) is 5.92 Å². The van der Waals surface area contributed by atoms with E-state index in [1.165, 1.54) is 0 Å². The highest BCUT2D eigenvalue weighted by molar-refractivity contribution is 4.76. The highest BCUT2D eigenvalue weighted by atomic mass is 16.5. The zero-order valence-electron chi connectivity index (χ0n) is 10.7. The van der Waals surface area contributed by atoms with E-state index in [1.54, 1.807) is 0 Å².